The molecule has 1 aliphatic carbocycles. The zero-order valence-corrected chi connectivity index (χ0v) is 11.0. The number of hydrogen-bond acceptors (Lipinski definition) is 3. The van der Waals surface area contributed by atoms with E-state index in [9.17, 15) is 5.26 Å². The maximum absolute atomic E-state index is 9.22. The van der Waals surface area contributed by atoms with E-state index in [-0.39, 0.29) is 5.54 Å². The van der Waals surface area contributed by atoms with Gasteiger partial charge in [-0.25, -0.2) is 0 Å². The third-order valence-corrected chi connectivity index (χ3v) is 3.72. The van der Waals surface area contributed by atoms with Gasteiger partial charge in [-0.2, -0.15) is 17.0 Å². The third-order valence-electron chi connectivity index (χ3n) is 2.55. The summed E-state index contributed by atoms with van der Waals surface area (Å²) in [7, 11) is 0. The van der Waals surface area contributed by atoms with Gasteiger partial charge < -0.3 is 0 Å². The fourth-order valence-corrected chi connectivity index (χ4v) is 3.26. The van der Waals surface area contributed by atoms with Crippen molar-refractivity contribution in [2.75, 3.05) is 0 Å². The fraction of sp³-hybridized carbons (Fsp3) is 0.917. The van der Waals surface area contributed by atoms with Crippen LogP contribution < -0.4 is 5.32 Å². The Hall–Kier alpha value is -0.200. The van der Waals surface area contributed by atoms with Crippen molar-refractivity contribution < 1.29 is 0 Å². The van der Waals surface area contributed by atoms with Gasteiger partial charge in [0.25, 0.3) is 0 Å². The number of rotatable bonds is 6. The second-order valence-corrected chi connectivity index (χ2v) is 7.08. The van der Waals surface area contributed by atoms with E-state index in [1.165, 1.54) is 12.8 Å². The van der Waals surface area contributed by atoms with Crippen LogP contribution in [0.5, 0.6) is 0 Å². The minimum Gasteiger partial charge on any atom is -0.297 e. The number of thioether (sulfide) groups is 1. The van der Waals surface area contributed by atoms with Crippen molar-refractivity contribution in [3.05, 3.63) is 0 Å². The van der Waals surface area contributed by atoms with Crippen molar-refractivity contribution in [3.8, 4) is 6.07 Å². The first-order valence-corrected chi connectivity index (χ1v) is 6.74. The van der Waals surface area contributed by atoms with E-state index in [1.54, 1.807) is 0 Å². The molecule has 2 unspecified atom stereocenters. The Bertz CT molecular complexity index is 242. The molecule has 0 saturated heterocycles. The van der Waals surface area contributed by atoms with Crippen LogP contribution in [0, 0.1) is 11.3 Å². The molecule has 0 aromatic heterocycles. The maximum atomic E-state index is 9.22. The molecule has 0 bridgehead atoms. The van der Waals surface area contributed by atoms with Gasteiger partial charge in [0.05, 0.1) is 6.07 Å². The summed E-state index contributed by atoms with van der Waals surface area (Å²) in [6.45, 7) is 8.66. The van der Waals surface area contributed by atoms with Crippen molar-refractivity contribution in [2.24, 2.45) is 0 Å². The summed E-state index contributed by atoms with van der Waals surface area (Å²) >= 11 is 1.95. The second kappa shape index (κ2) is 5.23. The van der Waals surface area contributed by atoms with Crippen molar-refractivity contribution >= 4 is 11.8 Å². The summed E-state index contributed by atoms with van der Waals surface area (Å²) in [5, 5.41) is 13.9. The van der Waals surface area contributed by atoms with Crippen LogP contribution in [0.15, 0.2) is 0 Å². The van der Waals surface area contributed by atoms with E-state index in [0.717, 1.165) is 6.42 Å². The molecular formula is C12H22N2S. The van der Waals surface area contributed by atoms with E-state index in [4.69, 9.17) is 0 Å². The van der Waals surface area contributed by atoms with Crippen molar-refractivity contribution in [1.29, 1.82) is 5.26 Å². The van der Waals surface area contributed by atoms with Gasteiger partial charge in [0.1, 0.15) is 5.54 Å². The quantitative estimate of drug-likeness (QED) is 0.756. The lowest BCUT2D eigenvalue weighted by atomic mass is 9.98. The van der Waals surface area contributed by atoms with E-state index < -0.39 is 0 Å². The van der Waals surface area contributed by atoms with E-state index in [2.05, 4.69) is 32.2 Å². The Morgan fingerprint density at radius 1 is 1.47 bits per heavy atom. The number of nitriles is 1. The number of hydrogen-bond donors (Lipinski definition) is 1. The van der Waals surface area contributed by atoms with Gasteiger partial charge >= 0.3 is 0 Å². The van der Waals surface area contributed by atoms with Gasteiger partial charge in [-0.05, 0) is 31.4 Å². The molecule has 0 aromatic carbocycles. The van der Waals surface area contributed by atoms with Crippen LogP contribution in [0.2, 0.25) is 0 Å². The zero-order valence-electron chi connectivity index (χ0n) is 10.2. The van der Waals surface area contributed by atoms with E-state index >= 15 is 0 Å². The average molecular weight is 226 g/mol. The van der Waals surface area contributed by atoms with Crippen LogP contribution in [0.3, 0.4) is 0 Å². The summed E-state index contributed by atoms with van der Waals surface area (Å²) in [5.74, 6) is 0. The molecule has 15 heavy (non-hydrogen) atoms. The zero-order chi connectivity index (χ0) is 11.5. The lowest BCUT2D eigenvalue weighted by Crippen LogP contribution is -2.44. The predicted molar refractivity (Wildman–Crippen MR) is 67.0 cm³/mol. The molecule has 1 rings (SSSR count). The van der Waals surface area contributed by atoms with Gasteiger partial charge in [0, 0.05) is 11.3 Å². The first kappa shape index (κ1) is 12.9. The standard InChI is InChI=1S/C12H22N2S/c1-9(2)15-10(3)7-12(4,8-13)14-11-5-6-11/h9-11,14H,5-7H2,1-4H3. The molecule has 2 nitrogen and oxygen atoms in total. The van der Waals surface area contributed by atoms with Crippen molar-refractivity contribution in [3.63, 3.8) is 0 Å². The Balaban J connectivity index is 2.40. The molecule has 1 saturated carbocycles. The average Bonchev–Trinajstić information content (AvgIpc) is 2.86. The molecule has 0 aromatic rings. The van der Waals surface area contributed by atoms with Gasteiger partial charge in [0.2, 0.25) is 0 Å². The van der Waals surface area contributed by atoms with Crippen LogP contribution in [0.4, 0.5) is 0 Å². The minimum atomic E-state index is -0.331. The first-order valence-electron chi connectivity index (χ1n) is 5.79. The van der Waals surface area contributed by atoms with Gasteiger partial charge in [-0.3, -0.25) is 5.32 Å². The SMILES string of the molecule is CC(C)SC(C)CC(C)(C#N)NC1CC1. The molecule has 2 atom stereocenters. The Kier molecular flexibility index (Phi) is 4.48. The maximum Gasteiger partial charge on any atom is 0.105 e. The summed E-state index contributed by atoms with van der Waals surface area (Å²) < 4.78 is 0. The highest BCUT2D eigenvalue weighted by Gasteiger charge is 2.33. The van der Waals surface area contributed by atoms with Crippen LogP contribution in [-0.4, -0.2) is 22.1 Å². The summed E-state index contributed by atoms with van der Waals surface area (Å²) in [6.07, 6.45) is 3.41. The van der Waals surface area contributed by atoms with Crippen LogP contribution in [0.1, 0.15) is 47.0 Å². The fourth-order valence-electron chi connectivity index (χ4n) is 1.90. The topological polar surface area (TPSA) is 35.8 Å². The molecule has 0 heterocycles. The van der Waals surface area contributed by atoms with E-state index in [1.807, 2.05) is 18.7 Å². The number of nitrogens with one attached hydrogen (secondary N) is 1. The predicted octanol–water partition coefficient (Wildman–Crippen LogP) is 2.94. The van der Waals surface area contributed by atoms with Crippen LogP contribution in [0.25, 0.3) is 0 Å². The smallest absolute Gasteiger partial charge is 0.105 e. The monoisotopic (exact) mass is 226 g/mol. The van der Waals surface area contributed by atoms with Gasteiger partial charge in [0.15, 0.2) is 0 Å². The molecule has 1 N–H and O–H groups in total. The van der Waals surface area contributed by atoms with Gasteiger partial charge in [-0.15, -0.1) is 0 Å². The van der Waals surface area contributed by atoms with Crippen molar-refractivity contribution in [2.45, 2.75) is 69.0 Å². The lowest BCUT2D eigenvalue weighted by molar-refractivity contribution is 0.414. The Labute approximate surface area is 97.8 Å². The molecule has 0 radical (unpaired) electrons. The molecule has 1 aliphatic rings. The second-order valence-electron chi connectivity index (χ2n) is 5.06. The lowest BCUT2D eigenvalue weighted by Gasteiger charge is -2.27. The van der Waals surface area contributed by atoms with Crippen LogP contribution >= 0.6 is 11.8 Å². The minimum absolute atomic E-state index is 0.331. The highest BCUT2D eigenvalue weighted by atomic mass is 32.2. The Morgan fingerprint density at radius 3 is 2.47 bits per heavy atom. The highest BCUT2D eigenvalue weighted by Crippen LogP contribution is 2.28. The van der Waals surface area contributed by atoms with Crippen LogP contribution in [-0.2, 0) is 0 Å². The normalized spacial score (nSPS) is 22.1. The first-order chi connectivity index (χ1) is 6.95. The summed E-state index contributed by atoms with van der Waals surface area (Å²) in [5.41, 5.74) is -0.331. The molecule has 0 aliphatic heterocycles. The molecule has 0 spiro atoms. The largest absolute Gasteiger partial charge is 0.297 e. The summed E-state index contributed by atoms with van der Waals surface area (Å²) in [4.78, 5) is 0. The molecule has 0 amide bonds. The number of nitrogens with zero attached hydrogens (tertiary/aromatic N) is 1. The van der Waals surface area contributed by atoms with Gasteiger partial charge in [-0.1, -0.05) is 20.8 Å². The molecule has 1 fully saturated rings. The molecule has 86 valence electrons. The molecule has 3 heteroatoms. The molecular weight excluding hydrogens is 204 g/mol. The highest BCUT2D eigenvalue weighted by molar-refractivity contribution is 8.00. The van der Waals surface area contributed by atoms with E-state index in [0.29, 0.717) is 16.5 Å². The van der Waals surface area contributed by atoms with Crippen molar-refractivity contribution in [1.82, 2.24) is 5.32 Å². The summed E-state index contributed by atoms with van der Waals surface area (Å²) in [6, 6.07) is 3.03. The Morgan fingerprint density at radius 2 is 2.07 bits per heavy atom. The third kappa shape index (κ3) is 4.90.